The third kappa shape index (κ3) is 3.68. The van der Waals surface area contributed by atoms with Gasteiger partial charge in [-0.1, -0.05) is 83.9 Å². The van der Waals surface area contributed by atoms with Gasteiger partial charge in [-0.25, -0.2) is 9.97 Å². The van der Waals surface area contributed by atoms with Crippen molar-refractivity contribution < 1.29 is 4.42 Å². The van der Waals surface area contributed by atoms with E-state index in [1.165, 1.54) is 11.1 Å². The van der Waals surface area contributed by atoms with Gasteiger partial charge in [0.25, 0.3) is 0 Å². The number of aromatic nitrogens is 2. The van der Waals surface area contributed by atoms with Crippen molar-refractivity contribution in [1.82, 2.24) is 9.97 Å². The number of aryl methyl sites for hydroxylation is 2. The van der Waals surface area contributed by atoms with Crippen LogP contribution in [0.2, 0.25) is 0 Å². The van der Waals surface area contributed by atoms with Crippen LogP contribution in [0.1, 0.15) is 33.9 Å². The van der Waals surface area contributed by atoms with Crippen LogP contribution in [0, 0.1) is 13.8 Å². The molecule has 37 heavy (non-hydrogen) atoms. The second kappa shape index (κ2) is 8.42. The van der Waals surface area contributed by atoms with Gasteiger partial charge in [-0.3, -0.25) is 0 Å². The van der Waals surface area contributed by atoms with E-state index in [2.05, 4.69) is 123 Å². The molecule has 3 heteroatoms. The fourth-order valence-corrected chi connectivity index (χ4v) is 5.11. The van der Waals surface area contributed by atoms with Crippen LogP contribution in [-0.2, 0) is 0 Å². The Hall–Kier alpha value is -4.76. The van der Waals surface area contributed by atoms with Crippen LogP contribution in [0.3, 0.4) is 0 Å². The molecule has 2 aliphatic rings. The summed E-state index contributed by atoms with van der Waals surface area (Å²) in [6, 6.07) is 29.5. The highest BCUT2D eigenvalue weighted by Crippen LogP contribution is 2.37. The lowest BCUT2D eigenvalue weighted by atomic mass is 10.0. The van der Waals surface area contributed by atoms with Gasteiger partial charge in [0.1, 0.15) is 11.2 Å². The number of rotatable bonds is 2. The van der Waals surface area contributed by atoms with Crippen molar-refractivity contribution in [2.24, 2.45) is 0 Å². The van der Waals surface area contributed by atoms with Crippen molar-refractivity contribution in [2.75, 3.05) is 0 Å². The molecular weight excluding hydrogens is 452 g/mol. The van der Waals surface area contributed by atoms with Crippen LogP contribution in [0.15, 0.2) is 89.3 Å². The molecule has 4 heterocycles. The Bertz CT molecular complexity index is 1730. The molecule has 3 aromatic carbocycles. The minimum Gasteiger partial charge on any atom is -0.456 e. The third-order valence-corrected chi connectivity index (χ3v) is 7.05. The van der Waals surface area contributed by atoms with E-state index >= 15 is 0 Å². The molecule has 0 atom stereocenters. The van der Waals surface area contributed by atoms with Gasteiger partial charge >= 0.3 is 0 Å². The Morgan fingerprint density at radius 1 is 0.459 bits per heavy atom. The van der Waals surface area contributed by atoms with E-state index < -0.39 is 0 Å². The Morgan fingerprint density at radius 2 is 0.865 bits per heavy atom. The van der Waals surface area contributed by atoms with E-state index in [-0.39, 0.29) is 0 Å². The van der Waals surface area contributed by atoms with E-state index in [4.69, 9.17) is 14.4 Å². The van der Waals surface area contributed by atoms with Gasteiger partial charge < -0.3 is 4.42 Å². The molecule has 2 aromatic heterocycles. The van der Waals surface area contributed by atoms with Crippen LogP contribution in [-0.4, -0.2) is 9.97 Å². The highest BCUT2D eigenvalue weighted by molar-refractivity contribution is 6.01. The summed E-state index contributed by atoms with van der Waals surface area (Å²) in [5, 5.41) is 2.13. The number of fused-ring (bicyclic) bond motifs is 9. The molecule has 0 spiro atoms. The summed E-state index contributed by atoms with van der Waals surface area (Å²) in [4.78, 5) is 10.2. The fourth-order valence-electron chi connectivity index (χ4n) is 5.11. The Morgan fingerprint density at radius 3 is 1.30 bits per heavy atom. The molecule has 0 saturated carbocycles. The van der Waals surface area contributed by atoms with Crippen LogP contribution in [0.25, 0.3) is 68.5 Å². The maximum atomic E-state index is 6.65. The second-order valence-corrected chi connectivity index (χ2v) is 9.62. The lowest BCUT2D eigenvalue weighted by molar-refractivity contribution is 0.667. The molecule has 0 aliphatic carbocycles. The molecule has 6 bridgehead atoms. The molecule has 7 rings (SSSR count). The summed E-state index contributed by atoms with van der Waals surface area (Å²) in [6.45, 7) is 4.20. The Kier molecular flexibility index (Phi) is 4.90. The predicted molar refractivity (Wildman–Crippen MR) is 154 cm³/mol. The van der Waals surface area contributed by atoms with Gasteiger partial charge in [0.2, 0.25) is 0 Å². The summed E-state index contributed by atoms with van der Waals surface area (Å²) < 4.78 is 6.65. The number of furan rings is 1. The zero-order valence-corrected chi connectivity index (χ0v) is 20.7. The molecule has 0 saturated heterocycles. The van der Waals surface area contributed by atoms with Crippen molar-refractivity contribution in [3.63, 3.8) is 0 Å². The molecule has 5 aromatic rings. The monoisotopic (exact) mass is 476 g/mol. The molecule has 3 nitrogen and oxygen atoms in total. The van der Waals surface area contributed by atoms with Crippen LogP contribution in [0.5, 0.6) is 0 Å². The minimum absolute atomic E-state index is 0.785. The number of hydrogen-bond acceptors (Lipinski definition) is 3. The first-order valence-electron chi connectivity index (χ1n) is 12.5. The molecule has 176 valence electrons. The topological polar surface area (TPSA) is 38.9 Å². The van der Waals surface area contributed by atoms with Crippen molar-refractivity contribution in [2.45, 2.75) is 13.8 Å². The molecule has 0 radical (unpaired) electrons. The van der Waals surface area contributed by atoms with E-state index in [0.717, 1.165) is 67.0 Å². The molecule has 0 amide bonds. The Labute approximate surface area is 215 Å². The number of hydrogen-bond donors (Lipinski definition) is 0. The average molecular weight is 477 g/mol. The second-order valence-electron chi connectivity index (χ2n) is 9.62. The highest BCUT2D eigenvalue weighted by atomic mass is 16.3. The molecule has 2 aliphatic heterocycles. The Balaban J connectivity index is 1.68. The largest absolute Gasteiger partial charge is 0.456 e. The van der Waals surface area contributed by atoms with Gasteiger partial charge in [0.15, 0.2) is 0 Å². The van der Waals surface area contributed by atoms with Gasteiger partial charge in [0, 0.05) is 10.8 Å². The maximum absolute atomic E-state index is 6.65. The van der Waals surface area contributed by atoms with Gasteiger partial charge in [0.05, 0.1) is 33.9 Å². The number of benzene rings is 3. The normalized spacial score (nSPS) is 12.4. The first-order valence-corrected chi connectivity index (χ1v) is 12.5. The summed E-state index contributed by atoms with van der Waals surface area (Å²) in [5.74, 6) is 0. The first kappa shape index (κ1) is 21.5. The zero-order chi connectivity index (χ0) is 24.9. The van der Waals surface area contributed by atoms with Crippen LogP contribution in [0.4, 0.5) is 0 Å². The SMILES string of the molecule is Cc1ccc(-c2c3nc(c4ccccc4c4nc(c(-c5ccc(C)cc5)c5ccc2o5)C=C4)C=C3)cc1. The van der Waals surface area contributed by atoms with E-state index in [0.29, 0.717) is 0 Å². The maximum Gasteiger partial charge on any atom is 0.137 e. The average Bonchev–Trinajstić information content (AvgIpc) is 3.69. The van der Waals surface area contributed by atoms with Gasteiger partial charge in [-0.15, -0.1) is 0 Å². The fraction of sp³-hybridized carbons (Fsp3) is 0.0588. The van der Waals surface area contributed by atoms with Gasteiger partial charge in [-0.05, 0) is 61.4 Å². The van der Waals surface area contributed by atoms with Crippen molar-refractivity contribution >= 4 is 46.2 Å². The van der Waals surface area contributed by atoms with Crippen molar-refractivity contribution in [3.8, 4) is 22.3 Å². The summed E-state index contributed by atoms with van der Waals surface area (Å²) in [5.41, 5.74) is 11.7. The predicted octanol–water partition coefficient (Wildman–Crippen LogP) is 8.98. The van der Waals surface area contributed by atoms with Crippen LogP contribution >= 0.6 is 0 Å². The zero-order valence-electron chi connectivity index (χ0n) is 20.7. The van der Waals surface area contributed by atoms with Crippen molar-refractivity contribution in [3.05, 3.63) is 119 Å². The quantitative estimate of drug-likeness (QED) is 0.250. The molecule has 0 N–H and O–H groups in total. The minimum atomic E-state index is 0.785. The molecular formula is C34H24N2O. The third-order valence-electron chi connectivity index (χ3n) is 7.05. The molecule has 0 unspecified atom stereocenters. The summed E-state index contributed by atoms with van der Waals surface area (Å²) in [7, 11) is 0. The van der Waals surface area contributed by atoms with E-state index in [1.54, 1.807) is 0 Å². The lowest BCUT2D eigenvalue weighted by Crippen LogP contribution is -1.85. The van der Waals surface area contributed by atoms with Gasteiger partial charge in [-0.2, -0.15) is 0 Å². The molecule has 0 fully saturated rings. The van der Waals surface area contributed by atoms with E-state index in [9.17, 15) is 0 Å². The van der Waals surface area contributed by atoms with Crippen molar-refractivity contribution in [1.29, 1.82) is 0 Å². The van der Waals surface area contributed by atoms with E-state index in [1.807, 2.05) is 0 Å². The smallest absolute Gasteiger partial charge is 0.137 e. The lowest BCUT2D eigenvalue weighted by Gasteiger charge is -2.05. The standard InChI is InChI=1S/C34H24N2O/c1-21-7-11-23(12-8-21)33-29-17-15-27(35-29)25-5-3-4-6-26(25)28-16-18-30(36-28)34(32-20-19-31(33)37-32)24-13-9-22(2)10-14-24/h3-20H,1-2H3. The highest BCUT2D eigenvalue weighted by Gasteiger charge is 2.17. The van der Waals surface area contributed by atoms with Crippen LogP contribution < -0.4 is 0 Å². The number of nitrogens with zero attached hydrogens (tertiary/aromatic N) is 2. The summed E-state index contributed by atoms with van der Waals surface area (Å²) in [6.07, 6.45) is 8.35. The summed E-state index contributed by atoms with van der Waals surface area (Å²) >= 11 is 0. The first-order chi connectivity index (χ1) is 18.1.